The Labute approximate surface area is 82.6 Å². The predicted molar refractivity (Wildman–Crippen MR) is 55.4 cm³/mol. The Morgan fingerprint density at radius 2 is 2.15 bits per heavy atom. The van der Waals surface area contributed by atoms with Gasteiger partial charge in [0.1, 0.15) is 0 Å². The Morgan fingerprint density at radius 1 is 1.38 bits per heavy atom. The number of aliphatic imine (C=N–C) groups is 1. The third-order valence-electron chi connectivity index (χ3n) is 2.11. The highest BCUT2D eigenvalue weighted by Gasteiger charge is 2.09. The van der Waals surface area contributed by atoms with Crippen LogP contribution in [0.5, 0.6) is 0 Å². The number of nitrogens with one attached hydrogen (secondary N) is 1. The van der Waals surface area contributed by atoms with Crippen molar-refractivity contribution in [2.45, 2.75) is 12.5 Å². The van der Waals surface area contributed by atoms with Crippen LogP contribution in [-0.2, 0) is 6.42 Å². The molecule has 2 nitrogen and oxygen atoms in total. The number of nitrogens with zero attached hydrogens (tertiary/aromatic N) is 1. The molecule has 2 rings (SSSR count). The van der Waals surface area contributed by atoms with Crippen LogP contribution in [0.4, 0.5) is 0 Å². The van der Waals surface area contributed by atoms with Crippen molar-refractivity contribution in [3.63, 3.8) is 0 Å². The van der Waals surface area contributed by atoms with Gasteiger partial charge in [-0.3, -0.25) is 4.99 Å². The van der Waals surface area contributed by atoms with Gasteiger partial charge in [-0.25, -0.2) is 0 Å². The molecule has 0 aromatic heterocycles. The molecular weight excluding hydrogens is 184 g/mol. The summed E-state index contributed by atoms with van der Waals surface area (Å²) in [5.74, 6) is 0. The van der Waals surface area contributed by atoms with Gasteiger partial charge in [-0.15, -0.1) is 0 Å². The summed E-state index contributed by atoms with van der Waals surface area (Å²) in [6, 6.07) is 8.33. The molecule has 0 bridgehead atoms. The van der Waals surface area contributed by atoms with Crippen LogP contribution in [0.1, 0.15) is 5.56 Å². The lowest BCUT2D eigenvalue weighted by Gasteiger charge is -2.05. The molecular formula is C10H11ClN2. The van der Waals surface area contributed by atoms with E-state index in [2.05, 4.69) is 22.4 Å². The zero-order valence-electron chi connectivity index (χ0n) is 7.20. The molecule has 1 aliphatic heterocycles. The normalized spacial score (nSPS) is 20.2. The Balaban J connectivity index is 2.01. The molecule has 1 N–H and O–H groups in total. The molecule has 1 atom stereocenters. The van der Waals surface area contributed by atoms with E-state index in [0.29, 0.717) is 6.04 Å². The molecule has 0 radical (unpaired) electrons. The summed E-state index contributed by atoms with van der Waals surface area (Å²) in [4.78, 5) is 4.28. The molecule has 0 amide bonds. The van der Waals surface area contributed by atoms with E-state index in [4.69, 9.17) is 11.6 Å². The molecule has 1 heterocycles. The van der Waals surface area contributed by atoms with E-state index in [9.17, 15) is 0 Å². The first-order valence-electron chi connectivity index (χ1n) is 4.34. The second-order valence-electron chi connectivity index (χ2n) is 3.17. The average molecular weight is 195 g/mol. The fourth-order valence-corrected chi connectivity index (χ4v) is 1.54. The summed E-state index contributed by atoms with van der Waals surface area (Å²) in [5.41, 5.74) is 1.29. The van der Waals surface area contributed by atoms with Crippen molar-refractivity contribution in [1.29, 1.82) is 0 Å². The first-order valence-corrected chi connectivity index (χ1v) is 4.72. The van der Waals surface area contributed by atoms with Crippen molar-refractivity contribution >= 4 is 17.9 Å². The lowest BCUT2D eigenvalue weighted by molar-refractivity contribution is 0.693. The van der Waals surface area contributed by atoms with Crippen LogP contribution in [0, 0.1) is 0 Å². The summed E-state index contributed by atoms with van der Waals surface area (Å²) in [7, 11) is 0. The molecule has 1 aromatic carbocycles. The van der Waals surface area contributed by atoms with E-state index in [1.165, 1.54) is 5.56 Å². The maximum absolute atomic E-state index is 5.79. The minimum Gasteiger partial charge on any atom is -0.374 e. The third-order valence-corrected chi connectivity index (χ3v) is 2.37. The second kappa shape index (κ2) is 3.79. The fourth-order valence-electron chi connectivity index (χ4n) is 1.42. The molecule has 0 fully saturated rings. The zero-order valence-corrected chi connectivity index (χ0v) is 7.96. The van der Waals surface area contributed by atoms with Gasteiger partial charge in [0.2, 0.25) is 0 Å². The van der Waals surface area contributed by atoms with Crippen LogP contribution in [-0.4, -0.2) is 18.9 Å². The third kappa shape index (κ3) is 2.22. The number of benzene rings is 1. The van der Waals surface area contributed by atoms with E-state index < -0.39 is 0 Å². The summed E-state index contributed by atoms with van der Waals surface area (Å²) in [5, 5.41) is 3.87. The van der Waals surface area contributed by atoms with Crippen LogP contribution in [0.2, 0.25) is 5.02 Å². The van der Waals surface area contributed by atoms with E-state index in [1.807, 2.05) is 12.1 Å². The van der Waals surface area contributed by atoms with Gasteiger partial charge in [-0.1, -0.05) is 23.7 Å². The fraction of sp³-hybridized carbons (Fsp3) is 0.300. The van der Waals surface area contributed by atoms with Crippen molar-refractivity contribution in [3.05, 3.63) is 34.9 Å². The maximum Gasteiger partial charge on any atom is 0.0828 e. The quantitative estimate of drug-likeness (QED) is 0.764. The molecule has 1 aliphatic rings. The molecule has 0 saturated heterocycles. The molecule has 13 heavy (non-hydrogen) atoms. The Morgan fingerprint density at radius 3 is 2.77 bits per heavy atom. The molecule has 1 unspecified atom stereocenters. The molecule has 3 heteroatoms. The monoisotopic (exact) mass is 194 g/mol. The summed E-state index contributed by atoms with van der Waals surface area (Å²) in [6.07, 6.45) is 2.77. The second-order valence-corrected chi connectivity index (χ2v) is 3.61. The van der Waals surface area contributed by atoms with Crippen molar-refractivity contribution in [1.82, 2.24) is 5.32 Å². The highest BCUT2D eigenvalue weighted by molar-refractivity contribution is 6.30. The minimum atomic E-state index is 0.390. The summed E-state index contributed by atoms with van der Waals surface area (Å²) < 4.78 is 0. The van der Waals surface area contributed by atoms with Gasteiger partial charge in [0, 0.05) is 11.6 Å². The van der Waals surface area contributed by atoms with E-state index in [0.717, 1.165) is 18.0 Å². The van der Waals surface area contributed by atoms with Gasteiger partial charge in [0.15, 0.2) is 0 Å². The topological polar surface area (TPSA) is 24.4 Å². The number of halogens is 1. The zero-order chi connectivity index (χ0) is 9.10. The molecule has 0 aliphatic carbocycles. The van der Waals surface area contributed by atoms with E-state index in [1.54, 1.807) is 6.34 Å². The van der Waals surface area contributed by atoms with Crippen molar-refractivity contribution in [2.75, 3.05) is 6.54 Å². The Hall–Kier alpha value is -1.02. The minimum absolute atomic E-state index is 0.390. The van der Waals surface area contributed by atoms with Gasteiger partial charge in [-0.05, 0) is 24.1 Å². The van der Waals surface area contributed by atoms with Gasteiger partial charge in [-0.2, -0.15) is 0 Å². The number of hydrogen-bond donors (Lipinski definition) is 1. The largest absolute Gasteiger partial charge is 0.374 e. The molecule has 1 aromatic rings. The number of rotatable bonds is 2. The Bertz CT molecular complexity index is 305. The van der Waals surface area contributed by atoms with Gasteiger partial charge < -0.3 is 5.32 Å². The lowest BCUT2D eigenvalue weighted by atomic mass is 10.1. The van der Waals surface area contributed by atoms with E-state index >= 15 is 0 Å². The predicted octanol–water partition coefficient (Wildman–Crippen LogP) is 1.88. The van der Waals surface area contributed by atoms with Gasteiger partial charge >= 0.3 is 0 Å². The molecule has 0 spiro atoms. The van der Waals surface area contributed by atoms with Crippen LogP contribution >= 0.6 is 11.6 Å². The molecule has 0 saturated carbocycles. The summed E-state index contributed by atoms with van der Waals surface area (Å²) in [6.45, 7) is 0.947. The maximum atomic E-state index is 5.79. The van der Waals surface area contributed by atoms with Crippen molar-refractivity contribution in [3.8, 4) is 0 Å². The van der Waals surface area contributed by atoms with Crippen molar-refractivity contribution in [2.24, 2.45) is 4.99 Å². The van der Waals surface area contributed by atoms with Gasteiger partial charge in [0.25, 0.3) is 0 Å². The van der Waals surface area contributed by atoms with Crippen LogP contribution in [0.25, 0.3) is 0 Å². The highest BCUT2D eigenvalue weighted by Crippen LogP contribution is 2.12. The van der Waals surface area contributed by atoms with Crippen LogP contribution in [0.15, 0.2) is 29.3 Å². The van der Waals surface area contributed by atoms with Crippen molar-refractivity contribution < 1.29 is 0 Å². The number of hydrogen-bond acceptors (Lipinski definition) is 2. The highest BCUT2D eigenvalue weighted by atomic mass is 35.5. The Kier molecular flexibility index (Phi) is 2.50. The lowest BCUT2D eigenvalue weighted by Crippen LogP contribution is -2.17. The van der Waals surface area contributed by atoms with Crippen LogP contribution in [0.3, 0.4) is 0 Å². The summed E-state index contributed by atoms with van der Waals surface area (Å²) >= 11 is 5.79. The average Bonchev–Trinajstić information content (AvgIpc) is 2.62. The van der Waals surface area contributed by atoms with E-state index in [-0.39, 0.29) is 0 Å². The first-order chi connectivity index (χ1) is 6.34. The molecule has 68 valence electrons. The SMILES string of the molecule is Clc1ccc(CC2CNC=N2)cc1. The first kappa shape index (κ1) is 8.57. The van der Waals surface area contributed by atoms with Crippen LogP contribution < -0.4 is 5.32 Å². The van der Waals surface area contributed by atoms with Gasteiger partial charge in [0.05, 0.1) is 12.4 Å². The standard InChI is InChI=1S/C10H11ClN2/c11-9-3-1-8(2-4-9)5-10-6-12-7-13-10/h1-4,7,10H,5-6H2,(H,12,13). The smallest absolute Gasteiger partial charge is 0.0828 e.